The highest BCUT2D eigenvalue weighted by Crippen LogP contribution is 2.25. The monoisotopic (exact) mass is 264 g/mol. The summed E-state index contributed by atoms with van der Waals surface area (Å²) in [7, 11) is 0. The molecule has 0 unspecified atom stereocenters. The molecule has 0 aliphatic carbocycles. The van der Waals surface area contributed by atoms with Crippen LogP contribution in [0.3, 0.4) is 0 Å². The first-order valence-electron chi connectivity index (χ1n) is 6.14. The predicted octanol–water partition coefficient (Wildman–Crippen LogP) is 3.41. The zero-order valence-electron chi connectivity index (χ0n) is 10.6. The number of halogens is 1. The topological polar surface area (TPSA) is 44.9 Å². The molecule has 2 rings (SSSR count). The summed E-state index contributed by atoms with van der Waals surface area (Å²) in [6, 6.07) is 6.10. The zero-order valence-corrected chi connectivity index (χ0v) is 11.4. The van der Waals surface area contributed by atoms with E-state index in [-0.39, 0.29) is 5.91 Å². The fraction of sp³-hybridized carbons (Fsp3) is 0.357. The predicted molar refractivity (Wildman–Crippen MR) is 74.8 cm³/mol. The van der Waals surface area contributed by atoms with Crippen molar-refractivity contribution in [2.75, 3.05) is 0 Å². The van der Waals surface area contributed by atoms with Crippen LogP contribution in [0.1, 0.15) is 31.5 Å². The Morgan fingerprint density at radius 1 is 1.39 bits per heavy atom. The van der Waals surface area contributed by atoms with Gasteiger partial charge >= 0.3 is 0 Å². The van der Waals surface area contributed by atoms with Crippen LogP contribution in [0.5, 0.6) is 0 Å². The molecule has 96 valence electrons. The molecule has 0 saturated carbocycles. The summed E-state index contributed by atoms with van der Waals surface area (Å²) in [6.45, 7) is 4.17. The number of fused-ring (bicyclic) bond motifs is 1. The van der Waals surface area contributed by atoms with Crippen LogP contribution in [0.2, 0.25) is 5.02 Å². The number of hydrogen-bond acceptors (Lipinski definition) is 1. The third kappa shape index (κ3) is 2.85. The highest BCUT2D eigenvalue weighted by Gasteiger charge is 2.06. The highest BCUT2D eigenvalue weighted by atomic mass is 35.5. The molecule has 1 heterocycles. The second-order valence-corrected chi connectivity index (χ2v) is 4.89. The van der Waals surface area contributed by atoms with Crippen molar-refractivity contribution in [3.8, 4) is 0 Å². The number of amides is 1. The number of hydrogen-bond donors (Lipinski definition) is 2. The van der Waals surface area contributed by atoms with Crippen molar-refractivity contribution in [1.82, 2.24) is 10.3 Å². The summed E-state index contributed by atoms with van der Waals surface area (Å²) < 4.78 is 0. The lowest BCUT2D eigenvalue weighted by Gasteiger charge is -2.02. The normalized spacial score (nSPS) is 10.8. The number of H-pyrrole nitrogens is 1. The molecule has 1 aromatic carbocycles. The largest absolute Gasteiger partial charge is 0.357 e. The average Bonchev–Trinajstić information content (AvgIpc) is 2.69. The molecule has 0 radical (unpaired) electrons. The number of carbonyl (C=O) groups is 1. The lowest BCUT2D eigenvalue weighted by atomic mass is 10.1. The molecule has 0 aliphatic rings. The second kappa shape index (κ2) is 5.44. The van der Waals surface area contributed by atoms with Crippen molar-refractivity contribution in [3.63, 3.8) is 0 Å². The van der Waals surface area contributed by atoms with Crippen molar-refractivity contribution in [2.45, 2.75) is 33.2 Å². The lowest BCUT2D eigenvalue weighted by Crippen LogP contribution is -2.18. The summed E-state index contributed by atoms with van der Waals surface area (Å²) in [5.41, 5.74) is 3.23. The van der Waals surface area contributed by atoms with Crippen molar-refractivity contribution < 1.29 is 4.79 Å². The van der Waals surface area contributed by atoms with E-state index in [4.69, 9.17) is 11.6 Å². The molecule has 1 aromatic heterocycles. The minimum absolute atomic E-state index is 0.0293. The lowest BCUT2D eigenvalue weighted by molar-refractivity contribution is -0.119. The van der Waals surface area contributed by atoms with E-state index in [1.807, 2.05) is 12.1 Å². The van der Waals surface area contributed by atoms with Crippen LogP contribution in [0.15, 0.2) is 18.2 Å². The molecule has 2 aromatic rings. The second-order valence-electron chi connectivity index (χ2n) is 4.49. The Kier molecular flexibility index (Phi) is 3.92. The van der Waals surface area contributed by atoms with Gasteiger partial charge in [-0.2, -0.15) is 0 Å². The third-order valence-corrected chi connectivity index (χ3v) is 3.24. The van der Waals surface area contributed by atoms with Gasteiger partial charge in [-0.1, -0.05) is 24.9 Å². The SMILES string of the molecule is CCCc1cc2[nH]c(CNC(C)=O)cc2cc1Cl. The van der Waals surface area contributed by atoms with Gasteiger partial charge in [0.2, 0.25) is 5.91 Å². The number of carbonyl (C=O) groups excluding carboxylic acids is 1. The standard InChI is InChI=1S/C14H17ClN2O/c1-3-4-10-7-14-11(6-13(10)15)5-12(17-14)8-16-9(2)18/h5-7,17H,3-4,8H2,1-2H3,(H,16,18). The highest BCUT2D eigenvalue weighted by molar-refractivity contribution is 6.32. The summed E-state index contributed by atoms with van der Waals surface area (Å²) in [4.78, 5) is 14.2. The fourth-order valence-electron chi connectivity index (χ4n) is 2.03. The van der Waals surface area contributed by atoms with Gasteiger partial charge in [0.15, 0.2) is 0 Å². The first kappa shape index (κ1) is 13.0. The van der Waals surface area contributed by atoms with Crippen molar-refractivity contribution >= 4 is 28.4 Å². The number of aromatic nitrogens is 1. The van der Waals surface area contributed by atoms with Crippen LogP contribution < -0.4 is 5.32 Å². The number of rotatable bonds is 4. The average molecular weight is 265 g/mol. The van der Waals surface area contributed by atoms with E-state index in [1.54, 1.807) is 0 Å². The van der Waals surface area contributed by atoms with Crippen molar-refractivity contribution in [1.29, 1.82) is 0 Å². The first-order chi connectivity index (χ1) is 8.60. The van der Waals surface area contributed by atoms with Crippen molar-refractivity contribution in [3.05, 3.63) is 34.5 Å². The van der Waals surface area contributed by atoms with Gasteiger partial charge in [-0.25, -0.2) is 0 Å². The molecule has 0 atom stereocenters. The van der Waals surface area contributed by atoms with E-state index in [2.05, 4.69) is 23.3 Å². The Balaban J connectivity index is 2.30. The summed E-state index contributed by atoms with van der Waals surface area (Å²) in [5, 5.41) is 4.67. The van der Waals surface area contributed by atoms with Gasteiger partial charge in [-0.15, -0.1) is 0 Å². The summed E-state index contributed by atoms with van der Waals surface area (Å²) in [5.74, 6) is -0.0293. The van der Waals surface area contributed by atoms with E-state index in [1.165, 1.54) is 12.5 Å². The minimum Gasteiger partial charge on any atom is -0.357 e. The number of aromatic amines is 1. The van der Waals surface area contributed by atoms with Gasteiger partial charge in [0, 0.05) is 28.5 Å². The molecule has 3 nitrogen and oxygen atoms in total. The molecule has 2 N–H and O–H groups in total. The maximum Gasteiger partial charge on any atom is 0.217 e. The van der Waals surface area contributed by atoms with Gasteiger partial charge in [0.1, 0.15) is 0 Å². The molecule has 4 heteroatoms. The van der Waals surface area contributed by atoms with Crippen LogP contribution in [0, 0.1) is 0 Å². The van der Waals surface area contributed by atoms with Crippen LogP contribution in [0.25, 0.3) is 10.9 Å². The fourth-order valence-corrected chi connectivity index (χ4v) is 2.30. The maximum atomic E-state index is 10.9. The van der Waals surface area contributed by atoms with Gasteiger partial charge in [0.05, 0.1) is 6.54 Å². The van der Waals surface area contributed by atoms with Crippen LogP contribution in [-0.2, 0) is 17.8 Å². The Bertz CT molecular complexity index is 574. The molecule has 18 heavy (non-hydrogen) atoms. The van der Waals surface area contributed by atoms with Crippen LogP contribution >= 0.6 is 11.6 Å². The minimum atomic E-state index is -0.0293. The van der Waals surface area contributed by atoms with E-state index in [0.717, 1.165) is 34.5 Å². The number of benzene rings is 1. The molecule has 0 saturated heterocycles. The Labute approximate surface area is 112 Å². The Hall–Kier alpha value is -1.48. The van der Waals surface area contributed by atoms with E-state index in [0.29, 0.717) is 6.54 Å². The zero-order chi connectivity index (χ0) is 13.1. The molecule has 0 spiro atoms. The smallest absolute Gasteiger partial charge is 0.217 e. The van der Waals surface area contributed by atoms with Gasteiger partial charge < -0.3 is 10.3 Å². The molecule has 1 amide bonds. The first-order valence-corrected chi connectivity index (χ1v) is 6.52. The van der Waals surface area contributed by atoms with Crippen LogP contribution in [0.4, 0.5) is 0 Å². The van der Waals surface area contributed by atoms with Gasteiger partial charge in [0.25, 0.3) is 0 Å². The maximum absolute atomic E-state index is 10.9. The Morgan fingerprint density at radius 3 is 2.83 bits per heavy atom. The third-order valence-electron chi connectivity index (χ3n) is 2.89. The molecular formula is C14H17ClN2O. The van der Waals surface area contributed by atoms with Crippen LogP contribution in [-0.4, -0.2) is 10.9 Å². The Morgan fingerprint density at radius 2 is 2.17 bits per heavy atom. The molecule has 0 aliphatic heterocycles. The van der Waals surface area contributed by atoms with Gasteiger partial charge in [-0.3, -0.25) is 4.79 Å². The van der Waals surface area contributed by atoms with E-state index in [9.17, 15) is 4.79 Å². The molecule has 0 bridgehead atoms. The quantitative estimate of drug-likeness (QED) is 0.873. The van der Waals surface area contributed by atoms with E-state index < -0.39 is 0 Å². The van der Waals surface area contributed by atoms with Gasteiger partial charge in [-0.05, 0) is 30.2 Å². The number of aryl methyl sites for hydroxylation is 1. The summed E-state index contributed by atoms with van der Waals surface area (Å²) >= 11 is 6.24. The molecular weight excluding hydrogens is 248 g/mol. The van der Waals surface area contributed by atoms with Crippen molar-refractivity contribution in [2.24, 2.45) is 0 Å². The molecule has 0 fully saturated rings. The summed E-state index contributed by atoms with van der Waals surface area (Å²) in [6.07, 6.45) is 2.06. The van der Waals surface area contributed by atoms with E-state index >= 15 is 0 Å². The number of nitrogens with one attached hydrogen (secondary N) is 2.